The van der Waals surface area contributed by atoms with E-state index in [1.807, 2.05) is 0 Å². The Morgan fingerprint density at radius 3 is 2.00 bits per heavy atom. The van der Waals surface area contributed by atoms with Crippen molar-refractivity contribution >= 4 is 41.4 Å². The highest BCUT2D eigenvalue weighted by atomic mass is 16.4. The van der Waals surface area contributed by atoms with Gasteiger partial charge in [-0.2, -0.15) is 0 Å². The van der Waals surface area contributed by atoms with Crippen LogP contribution in [0, 0.1) is 0 Å². The van der Waals surface area contributed by atoms with Crippen molar-refractivity contribution in [3.63, 3.8) is 0 Å². The van der Waals surface area contributed by atoms with E-state index >= 15 is 0 Å². The standard InChI is InChI=1S/C22H33N5O8.C3H8.C2H4/c1-2-16(28)14(7-6-11-24-22(23)35)26-21(34)15(13-20(32)33)25-17(29)8-4-3-5-12-27-18(30)9-10-19(27)31;1-3-2;1-2/h9-10,14-15H,2-8,11-13H2,1H3,(H,25,29)(H,26,34)(H,32,33)(H3,23,24,35);3H2,1-2H3;1-2H2/t14-,15-;;/m0../s1. The SMILES string of the molecule is C=C.CCC.CCC(=O)[C@H](CCCNC(N)=O)NC(=O)[C@H](CC(=O)O)NC(=O)CCCCCN1C(=O)C=CC1=O. The van der Waals surface area contributed by atoms with Crippen LogP contribution in [0.2, 0.25) is 0 Å². The lowest BCUT2D eigenvalue weighted by atomic mass is 10.0. The number of hydrogen-bond acceptors (Lipinski definition) is 7. The van der Waals surface area contributed by atoms with Gasteiger partial charge in [-0.3, -0.25) is 33.7 Å². The number of carbonyl (C=O) groups excluding carboxylic acids is 6. The smallest absolute Gasteiger partial charge is 0.312 e. The van der Waals surface area contributed by atoms with E-state index in [0.717, 1.165) is 4.90 Å². The van der Waals surface area contributed by atoms with Crippen molar-refractivity contribution in [3.8, 4) is 0 Å². The number of carbonyl (C=O) groups is 7. The van der Waals surface area contributed by atoms with Gasteiger partial charge in [0, 0.05) is 38.1 Å². The van der Waals surface area contributed by atoms with Crippen LogP contribution < -0.4 is 21.7 Å². The molecule has 0 saturated carbocycles. The van der Waals surface area contributed by atoms with Crippen molar-refractivity contribution in [2.75, 3.05) is 13.1 Å². The maximum absolute atomic E-state index is 12.7. The molecule has 2 atom stereocenters. The quantitative estimate of drug-likeness (QED) is 0.0988. The van der Waals surface area contributed by atoms with Crippen molar-refractivity contribution in [1.82, 2.24) is 20.9 Å². The summed E-state index contributed by atoms with van der Waals surface area (Å²) in [5.74, 6) is -3.66. The lowest BCUT2D eigenvalue weighted by Crippen LogP contribution is -2.52. The molecular formula is C27H45N5O8. The fraction of sp³-hybridized carbons (Fsp3) is 0.593. The molecule has 1 heterocycles. The summed E-state index contributed by atoms with van der Waals surface area (Å²) in [6, 6.07) is -2.99. The number of primary amides is 1. The van der Waals surface area contributed by atoms with E-state index in [1.54, 1.807) is 6.92 Å². The largest absolute Gasteiger partial charge is 0.481 e. The van der Waals surface area contributed by atoms with Crippen LogP contribution in [-0.2, 0) is 28.8 Å². The lowest BCUT2D eigenvalue weighted by molar-refractivity contribution is -0.141. The molecule has 6 amide bonds. The molecule has 1 aliphatic heterocycles. The van der Waals surface area contributed by atoms with Crippen LogP contribution in [0.4, 0.5) is 4.79 Å². The number of nitrogens with one attached hydrogen (secondary N) is 3. The van der Waals surface area contributed by atoms with Crippen molar-refractivity contribution in [3.05, 3.63) is 25.3 Å². The molecule has 0 aliphatic carbocycles. The van der Waals surface area contributed by atoms with Gasteiger partial charge < -0.3 is 26.8 Å². The number of hydrogen-bond donors (Lipinski definition) is 5. The van der Waals surface area contributed by atoms with Crippen LogP contribution in [-0.4, -0.2) is 76.6 Å². The summed E-state index contributed by atoms with van der Waals surface area (Å²) in [5.41, 5.74) is 4.99. The molecule has 0 fully saturated rings. The predicted molar refractivity (Wildman–Crippen MR) is 150 cm³/mol. The van der Waals surface area contributed by atoms with Gasteiger partial charge in [0.25, 0.3) is 11.8 Å². The van der Waals surface area contributed by atoms with Gasteiger partial charge >= 0.3 is 12.0 Å². The highest BCUT2D eigenvalue weighted by molar-refractivity contribution is 6.12. The third-order valence-electron chi connectivity index (χ3n) is 5.24. The number of carboxylic acid groups (broad SMARTS) is 1. The Hall–Kier alpha value is -4.03. The van der Waals surface area contributed by atoms with Crippen LogP contribution in [0.15, 0.2) is 25.3 Å². The van der Waals surface area contributed by atoms with Crippen LogP contribution in [0.1, 0.15) is 78.6 Å². The first kappa shape index (κ1) is 38.1. The molecule has 0 radical (unpaired) electrons. The van der Waals surface area contributed by atoms with E-state index in [4.69, 9.17) is 10.8 Å². The molecule has 1 aliphatic rings. The number of Topliss-reactive ketones (excluding diaryl/α,β-unsaturated/α-hetero) is 1. The first-order valence-corrected chi connectivity index (χ1v) is 13.4. The first-order chi connectivity index (χ1) is 19.0. The number of unbranched alkanes of at least 4 members (excludes halogenated alkanes) is 2. The molecule has 0 saturated heterocycles. The van der Waals surface area contributed by atoms with E-state index in [0.29, 0.717) is 25.7 Å². The summed E-state index contributed by atoms with van der Waals surface area (Å²) in [4.78, 5) is 83.2. The third-order valence-corrected chi connectivity index (χ3v) is 5.24. The summed E-state index contributed by atoms with van der Waals surface area (Å²) in [5, 5.41) is 16.4. The van der Waals surface area contributed by atoms with Crippen LogP contribution >= 0.6 is 0 Å². The van der Waals surface area contributed by atoms with Gasteiger partial charge in [0.15, 0.2) is 5.78 Å². The number of aliphatic carboxylic acids is 1. The molecule has 13 nitrogen and oxygen atoms in total. The normalized spacial score (nSPS) is 13.1. The van der Waals surface area contributed by atoms with Gasteiger partial charge in [-0.15, -0.1) is 13.2 Å². The summed E-state index contributed by atoms with van der Waals surface area (Å²) in [7, 11) is 0. The average molecular weight is 568 g/mol. The van der Waals surface area contributed by atoms with Gasteiger partial charge in [-0.1, -0.05) is 33.6 Å². The molecular weight excluding hydrogens is 522 g/mol. The zero-order chi connectivity index (χ0) is 31.1. The maximum Gasteiger partial charge on any atom is 0.312 e. The monoisotopic (exact) mass is 567 g/mol. The molecule has 0 aromatic carbocycles. The average Bonchev–Trinajstić information content (AvgIpc) is 3.22. The third kappa shape index (κ3) is 17.5. The summed E-state index contributed by atoms with van der Waals surface area (Å²) in [6.07, 6.45) is 5.10. The molecule has 6 N–H and O–H groups in total. The number of amides is 6. The van der Waals surface area contributed by atoms with Crippen molar-refractivity contribution in [1.29, 1.82) is 0 Å². The molecule has 40 heavy (non-hydrogen) atoms. The maximum atomic E-state index is 12.7. The van der Waals surface area contributed by atoms with Crippen LogP contribution in [0.5, 0.6) is 0 Å². The number of ketones is 1. The van der Waals surface area contributed by atoms with Gasteiger partial charge in [0.2, 0.25) is 11.8 Å². The molecule has 0 aromatic heterocycles. The molecule has 0 spiro atoms. The minimum absolute atomic E-state index is 0.0135. The number of nitrogens with zero attached hydrogens (tertiary/aromatic N) is 1. The molecule has 13 heteroatoms. The minimum atomic E-state index is -1.37. The number of imide groups is 1. The Morgan fingerprint density at radius 2 is 1.50 bits per heavy atom. The Morgan fingerprint density at radius 1 is 0.925 bits per heavy atom. The lowest BCUT2D eigenvalue weighted by Gasteiger charge is -2.22. The topological polar surface area (TPSA) is 205 Å². The second kappa shape index (κ2) is 22.9. The first-order valence-electron chi connectivity index (χ1n) is 13.4. The van der Waals surface area contributed by atoms with Crippen molar-refractivity contribution in [2.45, 2.75) is 90.6 Å². The van der Waals surface area contributed by atoms with Gasteiger partial charge in [0.05, 0.1) is 12.5 Å². The number of carboxylic acids is 1. The van der Waals surface area contributed by atoms with E-state index < -0.39 is 42.3 Å². The Bertz CT molecular complexity index is 872. The van der Waals surface area contributed by atoms with Gasteiger partial charge in [-0.05, 0) is 25.7 Å². The summed E-state index contributed by atoms with van der Waals surface area (Å²) < 4.78 is 0. The predicted octanol–water partition coefficient (Wildman–Crippen LogP) is 1.56. The fourth-order valence-corrected chi connectivity index (χ4v) is 3.38. The molecule has 0 bridgehead atoms. The molecule has 1 rings (SSSR count). The Balaban J connectivity index is 0. The summed E-state index contributed by atoms with van der Waals surface area (Å²) in [6.45, 7) is 12.3. The zero-order valence-corrected chi connectivity index (χ0v) is 23.8. The van der Waals surface area contributed by atoms with E-state index in [9.17, 15) is 33.6 Å². The zero-order valence-electron chi connectivity index (χ0n) is 23.8. The molecule has 226 valence electrons. The fourth-order valence-electron chi connectivity index (χ4n) is 3.38. The second-order valence-corrected chi connectivity index (χ2v) is 8.71. The van der Waals surface area contributed by atoms with Crippen molar-refractivity contribution < 1.29 is 38.7 Å². The highest BCUT2D eigenvalue weighted by Gasteiger charge is 2.28. The second-order valence-electron chi connectivity index (χ2n) is 8.71. The van der Waals surface area contributed by atoms with Crippen LogP contribution in [0.25, 0.3) is 0 Å². The Labute approximate surface area is 236 Å². The molecule has 0 unspecified atom stereocenters. The van der Waals surface area contributed by atoms with Crippen molar-refractivity contribution in [2.24, 2.45) is 5.73 Å². The van der Waals surface area contributed by atoms with E-state index in [2.05, 4.69) is 43.0 Å². The summed E-state index contributed by atoms with van der Waals surface area (Å²) >= 11 is 0. The van der Waals surface area contributed by atoms with E-state index in [1.165, 1.54) is 18.6 Å². The van der Waals surface area contributed by atoms with Crippen LogP contribution in [0.3, 0.4) is 0 Å². The van der Waals surface area contributed by atoms with Gasteiger partial charge in [0.1, 0.15) is 6.04 Å². The number of urea groups is 1. The molecule has 0 aromatic rings. The minimum Gasteiger partial charge on any atom is -0.481 e. The number of nitrogens with two attached hydrogens (primary N) is 1. The Kier molecular flexibility index (Phi) is 21.8. The van der Waals surface area contributed by atoms with Gasteiger partial charge in [-0.25, -0.2) is 4.79 Å². The highest BCUT2D eigenvalue weighted by Crippen LogP contribution is 2.08. The van der Waals surface area contributed by atoms with E-state index in [-0.39, 0.29) is 49.9 Å². The number of rotatable bonds is 17.